The molecule has 2 aromatic rings. The Hall–Kier alpha value is -3.13. The lowest BCUT2D eigenvalue weighted by molar-refractivity contribution is -0.146. The molecule has 5 rings (SSSR count). The number of fused-ring (bicyclic) bond motifs is 1. The largest absolute Gasteiger partial charge is 0.491 e. The van der Waals surface area contributed by atoms with Gasteiger partial charge in [0, 0.05) is 30.0 Å². The van der Waals surface area contributed by atoms with Gasteiger partial charge in [-0.2, -0.15) is 0 Å². The van der Waals surface area contributed by atoms with Crippen LogP contribution in [0.3, 0.4) is 0 Å². The van der Waals surface area contributed by atoms with Crippen molar-refractivity contribution in [3.63, 3.8) is 0 Å². The van der Waals surface area contributed by atoms with E-state index >= 15 is 0 Å². The van der Waals surface area contributed by atoms with Crippen molar-refractivity contribution in [3.05, 3.63) is 53.8 Å². The van der Waals surface area contributed by atoms with Crippen LogP contribution in [0.2, 0.25) is 0 Å². The van der Waals surface area contributed by atoms with Gasteiger partial charge in [-0.25, -0.2) is 4.39 Å². The van der Waals surface area contributed by atoms with Gasteiger partial charge in [-0.15, -0.1) is 0 Å². The zero-order valence-corrected chi connectivity index (χ0v) is 18.9. The summed E-state index contributed by atoms with van der Waals surface area (Å²) >= 11 is 0. The fourth-order valence-corrected chi connectivity index (χ4v) is 4.98. The topological polar surface area (TPSA) is 74.3 Å². The van der Waals surface area contributed by atoms with E-state index in [2.05, 4.69) is 0 Å². The number of nitrogens with zero attached hydrogens (tertiary/aromatic N) is 1. The molecule has 0 radical (unpaired) electrons. The van der Waals surface area contributed by atoms with Crippen molar-refractivity contribution in [1.29, 1.82) is 0 Å². The van der Waals surface area contributed by atoms with E-state index in [1.807, 2.05) is 6.07 Å². The van der Waals surface area contributed by atoms with Crippen LogP contribution in [-0.2, 0) is 9.53 Å². The number of benzene rings is 2. The van der Waals surface area contributed by atoms with Gasteiger partial charge in [-0.1, -0.05) is 12.8 Å². The highest BCUT2D eigenvalue weighted by molar-refractivity contribution is 6.00. The van der Waals surface area contributed by atoms with Gasteiger partial charge in [-0.05, 0) is 49.2 Å². The zero-order chi connectivity index (χ0) is 23.5. The van der Waals surface area contributed by atoms with Crippen molar-refractivity contribution in [3.8, 4) is 17.2 Å². The maximum atomic E-state index is 13.5. The van der Waals surface area contributed by atoms with Crippen LogP contribution < -0.4 is 14.2 Å². The van der Waals surface area contributed by atoms with Gasteiger partial charge in [0.1, 0.15) is 24.3 Å². The minimum absolute atomic E-state index is 0.00320. The van der Waals surface area contributed by atoms with Crippen molar-refractivity contribution in [2.24, 2.45) is 11.8 Å². The fourth-order valence-electron chi connectivity index (χ4n) is 4.98. The molecule has 1 saturated heterocycles. The number of ketones is 1. The molecule has 34 heavy (non-hydrogen) atoms. The maximum Gasteiger partial charge on any atom is 0.231 e. The van der Waals surface area contributed by atoms with E-state index in [-0.39, 0.29) is 42.2 Å². The van der Waals surface area contributed by atoms with E-state index < -0.39 is 0 Å². The van der Waals surface area contributed by atoms with Crippen LogP contribution >= 0.6 is 0 Å². The molecular weight excluding hydrogens is 441 g/mol. The number of Topliss-reactive ketones (excluding diaryl/α,β-unsaturated/α-hetero) is 1. The molecule has 2 heterocycles. The second-order valence-electron chi connectivity index (χ2n) is 8.97. The number of amides is 1. The van der Waals surface area contributed by atoms with E-state index in [1.54, 1.807) is 17.0 Å². The van der Waals surface area contributed by atoms with Gasteiger partial charge < -0.3 is 23.8 Å². The predicted octanol–water partition coefficient (Wildman–Crippen LogP) is 3.85. The van der Waals surface area contributed by atoms with Crippen LogP contribution in [0.4, 0.5) is 4.39 Å². The van der Waals surface area contributed by atoms with Gasteiger partial charge in [-0.3, -0.25) is 9.59 Å². The molecule has 1 amide bonds. The van der Waals surface area contributed by atoms with E-state index in [1.165, 1.54) is 24.3 Å². The highest BCUT2D eigenvalue weighted by Crippen LogP contribution is 2.36. The molecule has 2 fully saturated rings. The molecule has 3 atom stereocenters. The lowest BCUT2D eigenvalue weighted by atomic mass is 9.74. The van der Waals surface area contributed by atoms with Crippen molar-refractivity contribution in [2.45, 2.75) is 31.8 Å². The summed E-state index contributed by atoms with van der Waals surface area (Å²) in [5, 5.41) is 0. The van der Waals surface area contributed by atoms with Crippen LogP contribution in [0, 0.1) is 17.7 Å². The first-order valence-electron chi connectivity index (χ1n) is 11.8. The molecule has 1 unspecified atom stereocenters. The summed E-state index contributed by atoms with van der Waals surface area (Å²) in [6.45, 7) is 1.83. The van der Waals surface area contributed by atoms with Crippen LogP contribution in [0.15, 0.2) is 42.5 Å². The van der Waals surface area contributed by atoms with Gasteiger partial charge in [0.2, 0.25) is 12.7 Å². The molecule has 2 aromatic carbocycles. The lowest BCUT2D eigenvalue weighted by Gasteiger charge is -2.38. The fraction of sp³-hybridized carbons (Fsp3) is 0.462. The third kappa shape index (κ3) is 4.87. The van der Waals surface area contributed by atoms with Gasteiger partial charge in [0.05, 0.1) is 13.2 Å². The van der Waals surface area contributed by atoms with E-state index in [0.29, 0.717) is 62.0 Å². The Kier molecular flexibility index (Phi) is 6.67. The smallest absolute Gasteiger partial charge is 0.231 e. The van der Waals surface area contributed by atoms with Crippen molar-refractivity contribution >= 4 is 11.7 Å². The molecule has 7 nitrogen and oxygen atoms in total. The predicted molar refractivity (Wildman–Crippen MR) is 121 cm³/mol. The zero-order valence-electron chi connectivity index (χ0n) is 18.9. The third-order valence-corrected chi connectivity index (χ3v) is 6.78. The average Bonchev–Trinajstić information content (AvgIpc) is 3.35. The summed E-state index contributed by atoms with van der Waals surface area (Å²) in [4.78, 5) is 28.4. The molecule has 0 bridgehead atoms. The highest BCUT2D eigenvalue weighted by atomic mass is 19.1. The summed E-state index contributed by atoms with van der Waals surface area (Å²) < 4.78 is 35.7. The quantitative estimate of drug-likeness (QED) is 0.599. The Morgan fingerprint density at radius 3 is 2.59 bits per heavy atom. The second kappa shape index (κ2) is 10.0. The molecule has 8 heteroatoms. The van der Waals surface area contributed by atoms with Gasteiger partial charge >= 0.3 is 0 Å². The SMILES string of the molecule is O=C(c1ccc(F)cc1)[C@@H]1CCCC[C@H]1C(=O)N1CCOC(COc2ccc3c(c2)OCO3)C1. The minimum Gasteiger partial charge on any atom is -0.491 e. The van der Waals surface area contributed by atoms with Crippen LogP contribution in [0.1, 0.15) is 36.0 Å². The summed E-state index contributed by atoms with van der Waals surface area (Å²) in [7, 11) is 0. The summed E-state index contributed by atoms with van der Waals surface area (Å²) in [6.07, 6.45) is 2.93. The lowest BCUT2D eigenvalue weighted by Crippen LogP contribution is -2.51. The number of carbonyl (C=O) groups is 2. The van der Waals surface area contributed by atoms with Crippen LogP contribution in [0.5, 0.6) is 17.2 Å². The van der Waals surface area contributed by atoms with Crippen molar-refractivity contribution < 1.29 is 32.9 Å². The number of rotatable bonds is 6. The average molecular weight is 470 g/mol. The van der Waals surface area contributed by atoms with Gasteiger partial charge in [0.25, 0.3) is 0 Å². The second-order valence-corrected chi connectivity index (χ2v) is 8.97. The number of halogens is 1. The summed E-state index contributed by atoms with van der Waals surface area (Å²) in [5.74, 6) is 0.787. The maximum absolute atomic E-state index is 13.5. The minimum atomic E-state index is -0.379. The van der Waals surface area contributed by atoms with Crippen LogP contribution in [0.25, 0.3) is 0 Å². The Balaban J connectivity index is 1.21. The molecule has 0 N–H and O–H groups in total. The first-order chi connectivity index (χ1) is 16.6. The van der Waals surface area contributed by atoms with Crippen molar-refractivity contribution in [2.75, 3.05) is 33.1 Å². The molecule has 1 aliphatic carbocycles. The Morgan fingerprint density at radius 2 is 1.76 bits per heavy atom. The number of morpholine rings is 1. The Morgan fingerprint density at radius 1 is 1.00 bits per heavy atom. The Labute approximate surface area is 197 Å². The molecule has 180 valence electrons. The first-order valence-corrected chi connectivity index (χ1v) is 11.8. The molecule has 1 saturated carbocycles. The summed E-state index contributed by atoms with van der Waals surface area (Å²) in [6, 6.07) is 11.0. The van der Waals surface area contributed by atoms with Crippen LogP contribution in [-0.4, -0.2) is 55.8 Å². The molecular formula is C26H28FNO6. The normalized spacial score (nSPS) is 24.0. The molecule has 0 spiro atoms. The molecule has 0 aromatic heterocycles. The van der Waals surface area contributed by atoms with E-state index in [4.69, 9.17) is 18.9 Å². The number of ether oxygens (including phenoxy) is 4. The highest BCUT2D eigenvalue weighted by Gasteiger charge is 2.39. The monoisotopic (exact) mass is 469 g/mol. The number of carbonyl (C=O) groups excluding carboxylic acids is 2. The summed E-state index contributed by atoms with van der Waals surface area (Å²) in [5.41, 5.74) is 0.461. The standard InChI is InChI=1S/C26H28FNO6/c27-18-7-5-17(6-8-18)25(29)21-3-1-2-4-22(21)26(30)28-11-12-31-20(14-28)15-32-19-9-10-23-24(13-19)34-16-33-23/h5-10,13,20-22H,1-4,11-12,14-16H2/t20?,21-,22-/m1/s1. The third-order valence-electron chi connectivity index (χ3n) is 6.78. The Bertz CT molecular complexity index is 1040. The first kappa shape index (κ1) is 22.7. The molecule has 2 aliphatic heterocycles. The number of hydrogen-bond acceptors (Lipinski definition) is 6. The number of hydrogen-bond donors (Lipinski definition) is 0. The van der Waals surface area contributed by atoms with Gasteiger partial charge in [0.15, 0.2) is 17.3 Å². The van der Waals surface area contributed by atoms with Crippen molar-refractivity contribution in [1.82, 2.24) is 4.90 Å². The van der Waals surface area contributed by atoms with E-state index in [9.17, 15) is 14.0 Å². The molecule has 3 aliphatic rings. The van der Waals surface area contributed by atoms with E-state index in [0.717, 1.165) is 12.8 Å².